The van der Waals surface area contributed by atoms with Crippen molar-refractivity contribution >= 4 is 5.97 Å². The van der Waals surface area contributed by atoms with Gasteiger partial charge in [-0.05, 0) is 37.3 Å². The van der Waals surface area contributed by atoms with Gasteiger partial charge in [-0.2, -0.15) is 0 Å². The first kappa shape index (κ1) is 24.6. The quantitative estimate of drug-likeness (QED) is 0.568. The molecule has 4 rings (SSSR count). The molecule has 0 bridgehead atoms. The van der Waals surface area contributed by atoms with E-state index in [1.807, 2.05) is 18.2 Å². The van der Waals surface area contributed by atoms with Crippen LogP contribution in [0.25, 0.3) is 0 Å². The predicted molar refractivity (Wildman–Crippen MR) is 133 cm³/mol. The molecule has 0 spiro atoms. The van der Waals surface area contributed by atoms with Gasteiger partial charge in [0, 0.05) is 35.4 Å². The summed E-state index contributed by atoms with van der Waals surface area (Å²) >= 11 is 0. The Kier molecular flexibility index (Phi) is 6.45. The van der Waals surface area contributed by atoms with Crippen molar-refractivity contribution in [3.05, 3.63) is 58.1 Å². The van der Waals surface area contributed by atoms with Crippen LogP contribution >= 0.6 is 0 Å². The second kappa shape index (κ2) is 8.92. The minimum Gasteiger partial charge on any atom is -0.488 e. The van der Waals surface area contributed by atoms with Gasteiger partial charge >= 0.3 is 5.97 Å². The minimum absolute atomic E-state index is 0.0538. The van der Waals surface area contributed by atoms with E-state index in [0.29, 0.717) is 13.0 Å². The van der Waals surface area contributed by atoms with Gasteiger partial charge in [-0.1, -0.05) is 58.0 Å². The number of esters is 1. The zero-order valence-electron chi connectivity index (χ0n) is 21.5. The van der Waals surface area contributed by atoms with Gasteiger partial charge in [0.05, 0.1) is 12.5 Å². The average Bonchev–Trinajstić information content (AvgIpc) is 3.04. The number of ether oxygens (including phenoxy) is 3. The summed E-state index contributed by atoms with van der Waals surface area (Å²) < 4.78 is 18.9. The first-order valence-electron chi connectivity index (χ1n) is 12.3. The van der Waals surface area contributed by atoms with Gasteiger partial charge in [0.25, 0.3) is 0 Å². The molecule has 5 nitrogen and oxygen atoms in total. The van der Waals surface area contributed by atoms with Crippen LogP contribution in [0.15, 0.2) is 30.3 Å². The molecule has 5 heteroatoms. The number of hydrogen-bond donors (Lipinski definition) is 1. The molecule has 0 aromatic heterocycles. The van der Waals surface area contributed by atoms with E-state index in [4.69, 9.17) is 14.2 Å². The van der Waals surface area contributed by atoms with E-state index < -0.39 is 12.2 Å². The zero-order valence-corrected chi connectivity index (χ0v) is 21.5. The number of aliphatic hydroxyl groups is 1. The lowest BCUT2D eigenvalue weighted by molar-refractivity contribution is -0.161. The fourth-order valence-corrected chi connectivity index (χ4v) is 5.47. The van der Waals surface area contributed by atoms with Crippen LogP contribution in [0.1, 0.15) is 88.1 Å². The standard InChI is InChI=1S/C29H38O5/c1-17(22-13-20(30)14-23(31)33-22)24-18(2)26(32-16-19-11-9-8-10-12-19)25(28(3,4)5)21-15-29(6,7)34-27(21)24/h8-12,17,20,22,30H,13-16H2,1-7H3/t17?,20-,22+/m1/s1. The van der Waals surface area contributed by atoms with Crippen molar-refractivity contribution in [2.45, 2.75) is 103 Å². The summed E-state index contributed by atoms with van der Waals surface area (Å²) in [6.07, 6.45) is 0.170. The average molecular weight is 467 g/mol. The molecule has 34 heavy (non-hydrogen) atoms. The molecule has 2 aromatic rings. The Morgan fingerprint density at radius 3 is 2.50 bits per heavy atom. The predicted octanol–water partition coefficient (Wildman–Crippen LogP) is 5.76. The molecule has 1 unspecified atom stereocenters. The molecule has 2 aromatic carbocycles. The van der Waals surface area contributed by atoms with Crippen molar-refractivity contribution in [2.24, 2.45) is 0 Å². The maximum absolute atomic E-state index is 12.1. The van der Waals surface area contributed by atoms with Crippen LogP contribution in [-0.4, -0.2) is 28.9 Å². The lowest BCUT2D eigenvalue weighted by Gasteiger charge is -2.34. The van der Waals surface area contributed by atoms with Crippen molar-refractivity contribution in [2.75, 3.05) is 0 Å². The Morgan fingerprint density at radius 2 is 1.88 bits per heavy atom. The highest BCUT2D eigenvalue weighted by Gasteiger charge is 2.43. The number of cyclic esters (lactones) is 1. The third-order valence-corrected chi connectivity index (χ3v) is 6.95. The third kappa shape index (κ3) is 4.81. The highest BCUT2D eigenvalue weighted by molar-refractivity contribution is 5.71. The molecule has 1 saturated heterocycles. The van der Waals surface area contributed by atoms with E-state index in [1.54, 1.807) is 0 Å². The zero-order chi connectivity index (χ0) is 24.8. The summed E-state index contributed by atoms with van der Waals surface area (Å²) in [4.78, 5) is 12.1. The highest BCUT2D eigenvalue weighted by atomic mass is 16.5. The number of benzene rings is 2. The van der Waals surface area contributed by atoms with Gasteiger partial charge in [-0.3, -0.25) is 4.79 Å². The summed E-state index contributed by atoms with van der Waals surface area (Å²) in [5.41, 5.74) is 5.00. The number of hydrogen-bond acceptors (Lipinski definition) is 5. The van der Waals surface area contributed by atoms with E-state index in [1.165, 1.54) is 11.1 Å². The first-order valence-corrected chi connectivity index (χ1v) is 12.3. The van der Waals surface area contributed by atoms with Crippen molar-refractivity contribution in [1.82, 2.24) is 0 Å². The maximum Gasteiger partial charge on any atom is 0.308 e. The lowest BCUT2D eigenvalue weighted by Crippen LogP contribution is -2.36. The molecular weight excluding hydrogens is 428 g/mol. The largest absolute Gasteiger partial charge is 0.488 e. The van der Waals surface area contributed by atoms with E-state index >= 15 is 0 Å². The van der Waals surface area contributed by atoms with Crippen LogP contribution in [-0.2, 0) is 28.0 Å². The number of carbonyl (C=O) groups excluding carboxylic acids is 1. The van der Waals surface area contributed by atoms with Gasteiger partial charge in [-0.15, -0.1) is 0 Å². The number of carbonyl (C=O) groups is 1. The Bertz CT molecular complexity index is 1060. The van der Waals surface area contributed by atoms with Crippen molar-refractivity contribution < 1.29 is 24.1 Å². The second-order valence-corrected chi connectivity index (χ2v) is 11.5. The molecule has 1 fully saturated rings. The number of rotatable bonds is 5. The summed E-state index contributed by atoms with van der Waals surface area (Å²) in [5.74, 6) is 1.29. The Balaban J connectivity index is 1.86. The molecule has 3 atom stereocenters. The SMILES string of the molecule is Cc1c(OCc2ccccc2)c(C(C)(C)C)c2c(c1C(C)[C@@H]1C[C@@H](O)CC(=O)O1)OC(C)(C)C2. The molecule has 184 valence electrons. The van der Waals surface area contributed by atoms with E-state index in [9.17, 15) is 9.90 Å². The smallest absolute Gasteiger partial charge is 0.308 e. The van der Waals surface area contributed by atoms with Gasteiger partial charge in [0.2, 0.25) is 0 Å². The molecular formula is C29H38O5. The van der Waals surface area contributed by atoms with E-state index in [2.05, 4.69) is 60.6 Å². The van der Waals surface area contributed by atoms with Crippen LogP contribution in [0.3, 0.4) is 0 Å². The molecule has 2 heterocycles. The van der Waals surface area contributed by atoms with Gasteiger partial charge in [-0.25, -0.2) is 0 Å². The molecule has 0 saturated carbocycles. The normalized spacial score (nSPS) is 22.5. The van der Waals surface area contributed by atoms with Crippen molar-refractivity contribution in [1.29, 1.82) is 0 Å². The summed E-state index contributed by atoms with van der Waals surface area (Å²) in [6.45, 7) is 15.5. The Labute approximate surface area is 203 Å². The highest BCUT2D eigenvalue weighted by Crippen LogP contribution is 2.52. The third-order valence-electron chi connectivity index (χ3n) is 6.95. The first-order chi connectivity index (χ1) is 15.9. The summed E-state index contributed by atoms with van der Waals surface area (Å²) in [7, 11) is 0. The molecule has 1 N–H and O–H groups in total. The van der Waals surface area contributed by atoms with Crippen LogP contribution in [0.5, 0.6) is 11.5 Å². The number of aliphatic hydroxyl groups excluding tert-OH is 1. The summed E-state index contributed by atoms with van der Waals surface area (Å²) in [6, 6.07) is 10.2. The van der Waals surface area contributed by atoms with Crippen molar-refractivity contribution in [3.8, 4) is 11.5 Å². The molecule has 2 aliphatic heterocycles. The van der Waals surface area contributed by atoms with E-state index in [0.717, 1.165) is 34.6 Å². The monoisotopic (exact) mass is 466 g/mol. The van der Waals surface area contributed by atoms with E-state index in [-0.39, 0.29) is 29.3 Å². The fourth-order valence-electron chi connectivity index (χ4n) is 5.47. The Morgan fingerprint density at radius 1 is 1.21 bits per heavy atom. The molecule has 0 amide bonds. The molecule has 0 aliphatic carbocycles. The maximum atomic E-state index is 12.1. The van der Waals surface area contributed by atoms with Gasteiger partial charge in [0.15, 0.2) is 0 Å². The van der Waals surface area contributed by atoms with Gasteiger partial charge < -0.3 is 19.3 Å². The van der Waals surface area contributed by atoms with Crippen LogP contribution < -0.4 is 9.47 Å². The second-order valence-electron chi connectivity index (χ2n) is 11.5. The molecule has 0 radical (unpaired) electrons. The lowest BCUT2D eigenvalue weighted by atomic mass is 9.76. The topological polar surface area (TPSA) is 65.0 Å². The van der Waals surface area contributed by atoms with Crippen LogP contribution in [0, 0.1) is 6.92 Å². The summed E-state index contributed by atoms with van der Waals surface area (Å²) in [5, 5.41) is 10.3. The van der Waals surface area contributed by atoms with Crippen LogP contribution in [0.2, 0.25) is 0 Å². The Hall–Kier alpha value is -2.53. The van der Waals surface area contributed by atoms with Crippen LogP contribution in [0.4, 0.5) is 0 Å². The van der Waals surface area contributed by atoms with Crippen molar-refractivity contribution in [3.63, 3.8) is 0 Å². The minimum atomic E-state index is -0.679. The van der Waals surface area contributed by atoms with Gasteiger partial charge in [0.1, 0.15) is 29.8 Å². The number of fused-ring (bicyclic) bond motifs is 1. The molecule has 2 aliphatic rings. The fraction of sp³-hybridized carbons (Fsp3) is 0.552.